The second kappa shape index (κ2) is 7.02. The van der Waals surface area contributed by atoms with Crippen LogP contribution in [-0.4, -0.2) is 28.6 Å². The molecule has 19 heavy (non-hydrogen) atoms. The Labute approximate surface area is 114 Å². The summed E-state index contributed by atoms with van der Waals surface area (Å²) in [4.78, 5) is 6.39. The van der Waals surface area contributed by atoms with Crippen molar-refractivity contribution in [2.75, 3.05) is 13.7 Å². The zero-order chi connectivity index (χ0) is 13.5. The molecule has 0 fully saturated rings. The molecule has 1 aromatic heterocycles. The molecule has 1 atom stereocenters. The van der Waals surface area contributed by atoms with Crippen LogP contribution in [0.5, 0.6) is 0 Å². The van der Waals surface area contributed by atoms with E-state index < -0.39 is 0 Å². The minimum atomic E-state index is 0.191. The summed E-state index contributed by atoms with van der Waals surface area (Å²) in [7, 11) is 2.08. The Morgan fingerprint density at radius 1 is 1.16 bits per heavy atom. The summed E-state index contributed by atoms with van der Waals surface area (Å²) in [6.07, 6.45) is 4.41. The molecule has 0 saturated heterocycles. The van der Waals surface area contributed by atoms with Crippen LogP contribution in [0, 0.1) is 0 Å². The van der Waals surface area contributed by atoms with Gasteiger partial charge in [0.15, 0.2) is 0 Å². The molecule has 0 saturated carbocycles. The van der Waals surface area contributed by atoms with Crippen LogP contribution in [0.3, 0.4) is 0 Å². The highest BCUT2D eigenvalue weighted by Crippen LogP contribution is 2.24. The molecule has 3 heteroatoms. The highest BCUT2D eigenvalue weighted by atomic mass is 16.3. The summed E-state index contributed by atoms with van der Waals surface area (Å²) < 4.78 is 0. The Kier molecular flexibility index (Phi) is 5.07. The van der Waals surface area contributed by atoms with Gasteiger partial charge in [0.1, 0.15) is 0 Å². The molecular formula is C16H20N2O. The molecule has 0 amide bonds. The highest BCUT2D eigenvalue weighted by molar-refractivity contribution is 5.19. The fraction of sp³-hybridized carbons (Fsp3) is 0.312. The fourth-order valence-corrected chi connectivity index (χ4v) is 2.33. The van der Waals surface area contributed by atoms with Crippen molar-refractivity contribution in [1.29, 1.82) is 0 Å². The zero-order valence-corrected chi connectivity index (χ0v) is 11.2. The van der Waals surface area contributed by atoms with E-state index in [0.29, 0.717) is 0 Å². The lowest BCUT2D eigenvalue weighted by Gasteiger charge is -2.28. The Morgan fingerprint density at radius 3 is 2.58 bits per heavy atom. The van der Waals surface area contributed by atoms with E-state index in [1.165, 1.54) is 11.1 Å². The first-order valence-electron chi connectivity index (χ1n) is 6.56. The van der Waals surface area contributed by atoms with E-state index in [1.807, 2.05) is 30.5 Å². The molecule has 3 nitrogen and oxygen atoms in total. The van der Waals surface area contributed by atoms with Crippen LogP contribution in [0.4, 0.5) is 0 Å². The SMILES string of the molecule is CN(Cc1cccnc1)[C@H](CCO)c1ccccc1. The molecule has 0 aliphatic heterocycles. The molecule has 0 radical (unpaired) electrons. The molecule has 0 bridgehead atoms. The van der Waals surface area contributed by atoms with Gasteiger partial charge in [-0.15, -0.1) is 0 Å². The predicted molar refractivity (Wildman–Crippen MR) is 76.6 cm³/mol. The lowest BCUT2D eigenvalue weighted by molar-refractivity contribution is 0.180. The molecule has 1 aromatic carbocycles. The van der Waals surface area contributed by atoms with Crippen molar-refractivity contribution in [1.82, 2.24) is 9.88 Å². The molecule has 100 valence electrons. The van der Waals surface area contributed by atoms with Crippen molar-refractivity contribution in [3.05, 3.63) is 66.0 Å². The number of rotatable bonds is 6. The quantitative estimate of drug-likeness (QED) is 0.863. The van der Waals surface area contributed by atoms with Crippen molar-refractivity contribution < 1.29 is 5.11 Å². The molecule has 0 spiro atoms. The maximum Gasteiger partial charge on any atom is 0.0449 e. The summed E-state index contributed by atoms with van der Waals surface area (Å²) in [6, 6.07) is 14.6. The Bertz CT molecular complexity index is 473. The third-order valence-corrected chi connectivity index (χ3v) is 3.27. The summed E-state index contributed by atoms with van der Waals surface area (Å²) in [5, 5.41) is 9.27. The van der Waals surface area contributed by atoms with E-state index in [4.69, 9.17) is 0 Å². The summed E-state index contributed by atoms with van der Waals surface area (Å²) in [6.45, 7) is 1.02. The lowest BCUT2D eigenvalue weighted by atomic mass is 10.0. The third-order valence-electron chi connectivity index (χ3n) is 3.27. The summed E-state index contributed by atoms with van der Waals surface area (Å²) >= 11 is 0. The third kappa shape index (κ3) is 3.88. The van der Waals surface area contributed by atoms with Gasteiger partial charge in [-0.25, -0.2) is 0 Å². The van der Waals surface area contributed by atoms with Crippen molar-refractivity contribution in [2.45, 2.75) is 19.0 Å². The van der Waals surface area contributed by atoms with E-state index >= 15 is 0 Å². The number of aliphatic hydroxyl groups is 1. The number of pyridine rings is 1. The number of hydrogen-bond donors (Lipinski definition) is 1. The second-order valence-corrected chi connectivity index (χ2v) is 4.72. The standard InChI is InChI=1S/C16H20N2O/c1-18(13-14-6-5-10-17-12-14)16(9-11-19)15-7-3-2-4-8-15/h2-8,10,12,16,19H,9,11,13H2,1H3/t16-/m1/s1. The van der Waals surface area contributed by atoms with Crippen LogP contribution >= 0.6 is 0 Å². The number of hydrogen-bond acceptors (Lipinski definition) is 3. The molecule has 0 unspecified atom stereocenters. The largest absolute Gasteiger partial charge is 0.396 e. The van der Waals surface area contributed by atoms with E-state index in [-0.39, 0.29) is 12.6 Å². The second-order valence-electron chi connectivity index (χ2n) is 4.72. The van der Waals surface area contributed by atoms with Crippen LogP contribution in [-0.2, 0) is 6.54 Å². The maximum atomic E-state index is 9.27. The Balaban J connectivity index is 2.11. The van der Waals surface area contributed by atoms with E-state index in [0.717, 1.165) is 13.0 Å². The topological polar surface area (TPSA) is 36.4 Å². The molecule has 1 N–H and O–H groups in total. The molecule has 0 aliphatic carbocycles. The van der Waals surface area contributed by atoms with Gasteiger partial charge < -0.3 is 5.11 Å². The number of nitrogens with zero attached hydrogens (tertiary/aromatic N) is 2. The molecule has 1 heterocycles. The zero-order valence-electron chi connectivity index (χ0n) is 11.2. The maximum absolute atomic E-state index is 9.27. The first kappa shape index (κ1) is 13.7. The molecule has 0 aliphatic rings. The van der Waals surface area contributed by atoms with Gasteiger partial charge in [-0.1, -0.05) is 36.4 Å². The molecular weight excluding hydrogens is 236 g/mol. The van der Waals surface area contributed by atoms with E-state index in [2.05, 4.69) is 35.1 Å². The van der Waals surface area contributed by atoms with Crippen LogP contribution in [0.15, 0.2) is 54.9 Å². The van der Waals surface area contributed by atoms with Gasteiger partial charge in [0.2, 0.25) is 0 Å². The van der Waals surface area contributed by atoms with Gasteiger partial charge in [-0.3, -0.25) is 9.88 Å². The minimum Gasteiger partial charge on any atom is -0.396 e. The van der Waals surface area contributed by atoms with Crippen LogP contribution in [0.2, 0.25) is 0 Å². The monoisotopic (exact) mass is 256 g/mol. The number of benzene rings is 1. The van der Waals surface area contributed by atoms with Crippen LogP contribution in [0.25, 0.3) is 0 Å². The average molecular weight is 256 g/mol. The van der Waals surface area contributed by atoms with Gasteiger partial charge in [0.05, 0.1) is 0 Å². The first-order chi connectivity index (χ1) is 9.31. The average Bonchev–Trinajstić information content (AvgIpc) is 2.46. The summed E-state index contributed by atoms with van der Waals surface area (Å²) in [5.74, 6) is 0. The van der Waals surface area contributed by atoms with Gasteiger partial charge in [0, 0.05) is 31.6 Å². The predicted octanol–water partition coefficient (Wildman–Crippen LogP) is 2.64. The van der Waals surface area contributed by atoms with Crippen molar-refractivity contribution >= 4 is 0 Å². The number of aromatic nitrogens is 1. The highest BCUT2D eigenvalue weighted by Gasteiger charge is 2.16. The van der Waals surface area contributed by atoms with E-state index in [9.17, 15) is 5.11 Å². The summed E-state index contributed by atoms with van der Waals surface area (Å²) in [5.41, 5.74) is 2.42. The van der Waals surface area contributed by atoms with Crippen molar-refractivity contribution in [2.24, 2.45) is 0 Å². The Hall–Kier alpha value is -1.71. The van der Waals surface area contributed by atoms with Gasteiger partial charge in [-0.2, -0.15) is 0 Å². The van der Waals surface area contributed by atoms with Gasteiger partial charge in [-0.05, 0) is 30.7 Å². The molecule has 2 aromatic rings. The normalized spacial score (nSPS) is 12.6. The van der Waals surface area contributed by atoms with Gasteiger partial charge >= 0.3 is 0 Å². The minimum absolute atomic E-state index is 0.191. The Morgan fingerprint density at radius 2 is 1.95 bits per heavy atom. The van der Waals surface area contributed by atoms with Gasteiger partial charge in [0.25, 0.3) is 0 Å². The fourth-order valence-electron chi connectivity index (χ4n) is 2.33. The molecule has 2 rings (SSSR count). The number of aliphatic hydroxyl groups excluding tert-OH is 1. The van der Waals surface area contributed by atoms with Crippen LogP contribution < -0.4 is 0 Å². The van der Waals surface area contributed by atoms with Crippen molar-refractivity contribution in [3.8, 4) is 0 Å². The van der Waals surface area contributed by atoms with Crippen LogP contribution in [0.1, 0.15) is 23.6 Å². The smallest absolute Gasteiger partial charge is 0.0449 e. The first-order valence-corrected chi connectivity index (χ1v) is 6.56. The van der Waals surface area contributed by atoms with E-state index in [1.54, 1.807) is 6.20 Å². The lowest BCUT2D eigenvalue weighted by Crippen LogP contribution is -2.25. The van der Waals surface area contributed by atoms with Crippen molar-refractivity contribution in [3.63, 3.8) is 0 Å².